The number of carbonyl (C=O) groups is 1. The van der Waals surface area contributed by atoms with Crippen LogP contribution in [-0.2, 0) is 11.3 Å². The molecule has 7 heteroatoms. The summed E-state index contributed by atoms with van der Waals surface area (Å²) >= 11 is 7.24. The summed E-state index contributed by atoms with van der Waals surface area (Å²) in [4.78, 5) is 12.7. The highest BCUT2D eigenvalue weighted by Crippen LogP contribution is 2.26. The molecule has 0 N–H and O–H groups in total. The SMILES string of the molecule is O=C(OCc1nnc(-c2ccc(Cl)cc2)o1)c1cc2ccccc2s1. The molecule has 4 aromatic rings. The van der Waals surface area contributed by atoms with E-state index in [1.807, 2.05) is 30.3 Å². The van der Waals surface area contributed by atoms with E-state index in [1.54, 1.807) is 24.3 Å². The van der Waals surface area contributed by atoms with E-state index in [4.69, 9.17) is 20.8 Å². The van der Waals surface area contributed by atoms with E-state index in [9.17, 15) is 4.79 Å². The van der Waals surface area contributed by atoms with E-state index in [0.717, 1.165) is 15.6 Å². The lowest BCUT2D eigenvalue weighted by Crippen LogP contribution is -2.03. The fourth-order valence-corrected chi connectivity index (χ4v) is 3.38. The molecule has 0 unspecified atom stereocenters. The molecule has 25 heavy (non-hydrogen) atoms. The number of hydrogen-bond donors (Lipinski definition) is 0. The first-order chi connectivity index (χ1) is 12.2. The Labute approximate surface area is 151 Å². The fraction of sp³-hybridized carbons (Fsp3) is 0.0556. The van der Waals surface area contributed by atoms with E-state index >= 15 is 0 Å². The van der Waals surface area contributed by atoms with Crippen LogP contribution in [0.3, 0.4) is 0 Å². The maximum atomic E-state index is 12.2. The zero-order valence-electron chi connectivity index (χ0n) is 12.8. The van der Waals surface area contributed by atoms with E-state index in [0.29, 0.717) is 15.8 Å². The summed E-state index contributed by atoms with van der Waals surface area (Å²) in [5, 5.41) is 9.49. The number of hydrogen-bond acceptors (Lipinski definition) is 6. The monoisotopic (exact) mass is 370 g/mol. The van der Waals surface area contributed by atoms with Crippen LogP contribution in [0.1, 0.15) is 15.6 Å². The van der Waals surface area contributed by atoms with Crippen molar-refractivity contribution in [1.82, 2.24) is 10.2 Å². The average molecular weight is 371 g/mol. The van der Waals surface area contributed by atoms with Gasteiger partial charge in [0.25, 0.3) is 5.89 Å². The molecule has 0 aliphatic carbocycles. The Hall–Kier alpha value is -2.70. The summed E-state index contributed by atoms with van der Waals surface area (Å²) in [7, 11) is 0. The molecule has 2 aromatic carbocycles. The highest BCUT2D eigenvalue weighted by atomic mass is 35.5. The number of ether oxygens (including phenoxy) is 1. The maximum absolute atomic E-state index is 12.2. The Bertz CT molecular complexity index is 1010. The molecular formula is C18H11ClN2O3S. The van der Waals surface area contributed by atoms with Crippen molar-refractivity contribution in [3.8, 4) is 11.5 Å². The smallest absolute Gasteiger partial charge is 0.348 e. The predicted molar refractivity (Wildman–Crippen MR) is 95.7 cm³/mol. The molecule has 0 bridgehead atoms. The van der Waals surface area contributed by atoms with Gasteiger partial charge in [-0.2, -0.15) is 0 Å². The van der Waals surface area contributed by atoms with Crippen LogP contribution in [0.4, 0.5) is 0 Å². The lowest BCUT2D eigenvalue weighted by Gasteiger charge is -1.98. The van der Waals surface area contributed by atoms with Crippen molar-refractivity contribution in [3.05, 3.63) is 70.4 Å². The lowest BCUT2D eigenvalue weighted by atomic mass is 10.2. The molecule has 5 nitrogen and oxygen atoms in total. The van der Waals surface area contributed by atoms with Crippen molar-refractivity contribution in [2.24, 2.45) is 0 Å². The molecule has 0 fully saturated rings. The summed E-state index contributed by atoms with van der Waals surface area (Å²) < 4.78 is 11.8. The van der Waals surface area contributed by atoms with Gasteiger partial charge in [0.15, 0.2) is 6.61 Å². The number of benzene rings is 2. The van der Waals surface area contributed by atoms with E-state index in [-0.39, 0.29) is 12.5 Å². The van der Waals surface area contributed by atoms with E-state index in [1.165, 1.54) is 11.3 Å². The quantitative estimate of drug-likeness (QED) is 0.475. The Balaban J connectivity index is 1.44. The number of aromatic nitrogens is 2. The number of nitrogens with zero attached hydrogens (tertiary/aromatic N) is 2. The summed E-state index contributed by atoms with van der Waals surface area (Å²) in [6.45, 7) is -0.0757. The van der Waals surface area contributed by atoms with Gasteiger partial charge in [0, 0.05) is 15.3 Å². The van der Waals surface area contributed by atoms with Gasteiger partial charge in [0.05, 0.1) is 0 Å². The first kappa shape index (κ1) is 15.8. The Morgan fingerprint density at radius 2 is 1.92 bits per heavy atom. The van der Waals surface area contributed by atoms with Crippen molar-refractivity contribution >= 4 is 39.0 Å². The third kappa shape index (κ3) is 3.40. The second-order valence-corrected chi connectivity index (χ2v) is 6.75. The standard InChI is InChI=1S/C18H11ClN2O3S/c19-13-7-5-11(6-8-13)17-21-20-16(24-17)10-23-18(22)15-9-12-3-1-2-4-14(12)25-15/h1-9H,10H2. The van der Waals surface area contributed by atoms with Crippen LogP contribution >= 0.6 is 22.9 Å². The van der Waals surface area contributed by atoms with Gasteiger partial charge >= 0.3 is 5.97 Å². The van der Waals surface area contributed by atoms with Crippen molar-refractivity contribution < 1.29 is 13.9 Å². The molecule has 124 valence electrons. The van der Waals surface area contributed by atoms with Crippen LogP contribution < -0.4 is 0 Å². The minimum atomic E-state index is -0.410. The Kier molecular flexibility index (Phi) is 4.21. The number of carbonyl (C=O) groups excluding carboxylic acids is 1. The number of esters is 1. The van der Waals surface area contributed by atoms with Gasteiger partial charge in [-0.3, -0.25) is 0 Å². The normalized spacial score (nSPS) is 10.9. The van der Waals surface area contributed by atoms with E-state index in [2.05, 4.69) is 10.2 Å². The Morgan fingerprint density at radius 3 is 2.72 bits per heavy atom. The highest BCUT2D eigenvalue weighted by Gasteiger charge is 2.14. The molecule has 0 aliphatic heterocycles. The van der Waals surface area contributed by atoms with Crippen LogP contribution in [0.5, 0.6) is 0 Å². The highest BCUT2D eigenvalue weighted by molar-refractivity contribution is 7.20. The van der Waals surface area contributed by atoms with Crippen LogP contribution in [0.25, 0.3) is 21.5 Å². The minimum Gasteiger partial charge on any atom is -0.451 e. The van der Waals surface area contributed by atoms with Crippen molar-refractivity contribution in [3.63, 3.8) is 0 Å². The third-order valence-electron chi connectivity index (χ3n) is 3.51. The minimum absolute atomic E-state index is 0.0757. The molecule has 0 radical (unpaired) electrons. The molecule has 0 spiro atoms. The van der Waals surface area contributed by atoms with Crippen molar-refractivity contribution in [2.75, 3.05) is 0 Å². The molecule has 4 rings (SSSR count). The molecule has 0 aliphatic rings. The summed E-state index contributed by atoms with van der Waals surface area (Å²) in [5.74, 6) is 0.177. The first-order valence-corrected chi connectivity index (χ1v) is 8.62. The van der Waals surface area contributed by atoms with Gasteiger partial charge < -0.3 is 9.15 Å². The van der Waals surface area contributed by atoms with Gasteiger partial charge in [-0.25, -0.2) is 4.79 Å². The van der Waals surface area contributed by atoms with Crippen LogP contribution in [0.2, 0.25) is 5.02 Å². The van der Waals surface area contributed by atoms with Gasteiger partial charge in [-0.15, -0.1) is 21.5 Å². The van der Waals surface area contributed by atoms with Gasteiger partial charge in [0.1, 0.15) is 4.88 Å². The topological polar surface area (TPSA) is 65.2 Å². The number of rotatable bonds is 4. The zero-order valence-corrected chi connectivity index (χ0v) is 14.4. The molecular weight excluding hydrogens is 360 g/mol. The van der Waals surface area contributed by atoms with Crippen LogP contribution in [0.15, 0.2) is 59.0 Å². The van der Waals surface area contributed by atoms with Gasteiger partial charge in [-0.05, 0) is 41.8 Å². The van der Waals surface area contributed by atoms with Gasteiger partial charge in [-0.1, -0.05) is 29.8 Å². The predicted octanol–water partition coefficient (Wildman–Crippen LogP) is 4.96. The average Bonchev–Trinajstić information content (AvgIpc) is 3.27. The summed E-state index contributed by atoms with van der Waals surface area (Å²) in [6, 6.07) is 16.6. The molecule has 0 saturated carbocycles. The Morgan fingerprint density at radius 1 is 1.12 bits per heavy atom. The fourth-order valence-electron chi connectivity index (χ4n) is 2.30. The molecule has 0 atom stereocenters. The second-order valence-electron chi connectivity index (χ2n) is 5.23. The summed E-state index contributed by atoms with van der Waals surface area (Å²) in [6.07, 6.45) is 0. The number of halogens is 1. The zero-order chi connectivity index (χ0) is 17.2. The van der Waals surface area contributed by atoms with Crippen LogP contribution in [-0.4, -0.2) is 16.2 Å². The van der Waals surface area contributed by atoms with Gasteiger partial charge in [0.2, 0.25) is 5.89 Å². The van der Waals surface area contributed by atoms with Crippen molar-refractivity contribution in [1.29, 1.82) is 0 Å². The lowest BCUT2D eigenvalue weighted by molar-refractivity contribution is 0.0444. The summed E-state index contributed by atoms with van der Waals surface area (Å²) in [5.41, 5.74) is 0.749. The molecule has 2 aromatic heterocycles. The van der Waals surface area contributed by atoms with E-state index < -0.39 is 5.97 Å². The number of fused-ring (bicyclic) bond motifs is 1. The second kappa shape index (κ2) is 6.66. The molecule has 0 amide bonds. The molecule has 0 saturated heterocycles. The maximum Gasteiger partial charge on any atom is 0.348 e. The van der Waals surface area contributed by atoms with Crippen LogP contribution in [0, 0.1) is 0 Å². The molecule has 2 heterocycles. The third-order valence-corrected chi connectivity index (χ3v) is 4.86. The van der Waals surface area contributed by atoms with Crippen molar-refractivity contribution in [2.45, 2.75) is 6.61 Å². The first-order valence-electron chi connectivity index (χ1n) is 7.43. The largest absolute Gasteiger partial charge is 0.451 e. The number of thiophene rings is 1.